The van der Waals surface area contributed by atoms with E-state index in [1.54, 1.807) is 0 Å². The van der Waals surface area contributed by atoms with Gasteiger partial charge >= 0.3 is 0 Å². The molecule has 0 bridgehead atoms. The number of aryl methyl sites for hydroxylation is 2. The first-order valence-electron chi connectivity index (χ1n) is 6.19. The lowest BCUT2D eigenvalue weighted by molar-refractivity contribution is 0.254. The Morgan fingerprint density at radius 3 is 2.88 bits per heavy atom. The van der Waals surface area contributed by atoms with Crippen molar-refractivity contribution in [1.82, 2.24) is 14.7 Å². The van der Waals surface area contributed by atoms with Gasteiger partial charge in [-0.2, -0.15) is 5.10 Å². The normalized spacial score (nSPS) is 21.3. The Kier molecular flexibility index (Phi) is 4.34. The molecule has 0 radical (unpaired) electrons. The van der Waals surface area contributed by atoms with E-state index in [-0.39, 0.29) is 0 Å². The van der Waals surface area contributed by atoms with Crippen LogP contribution in [0.2, 0.25) is 5.02 Å². The summed E-state index contributed by atoms with van der Waals surface area (Å²) in [6.07, 6.45) is 2.43. The van der Waals surface area contributed by atoms with Gasteiger partial charge in [-0.05, 0) is 33.2 Å². The van der Waals surface area contributed by atoms with Crippen LogP contribution in [0.25, 0.3) is 0 Å². The zero-order valence-electron chi connectivity index (χ0n) is 10.4. The molecule has 1 aliphatic rings. The molecule has 0 aromatic carbocycles. The van der Waals surface area contributed by atoms with E-state index in [0.29, 0.717) is 11.9 Å². The molecular weight excluding hydrogens is 257 g/mol. The van der Waals surface area contributed by atoms with Gasteiger partial charge in [0.25, 0.3) is 0 Å². The molecule has 2 rings (SSSR count). The van der Waals surface area contributed by atoms with Crippen LogP contribution in [0.3, 0.4) is 0 Å². The zero-order valence-corrected chi connectivity index (χ0v) is 11.9. The van der Waals surface area contributed by atoms with Crippen molar-refractivity contribution in [1.29, 1.82) is 0 Å². The van der Waals surface area contributed by atoms with Gasteiger partial charge in [-0.1, -0.05) is 11.6 Å². The fraction of sp³-hybridized carbons (Fsp3) is 0.750. The summed E-state index contributed by atoms with van der Waals surface area (Å²) < 4.78 is 2.00. The molecule has 0 aliphatic carbocycles. The van der Waals surface area contributed by atoms with Gasteiger partial charge in [-0.3, -0.25) is 9.58 Å². The molecule has 3 nitrogen and oxygen atoms in total. The first kappa shape index (κ1) is 13.2. The number of halogens is 2. The maximum atomic E-state index is 6.32. The Morgan fingerprint density at radius 2 is 2.24 bits per heavy atom. The van der Waals surface area contributed by atoms with Crippen molar-refractivity contribution in [3.8, 4) is 0 Å². The summed E-state index contributed by atoms with van der Waals surface area (Å²) in [7, 11) is 0. The quantitative estimate of drug-likeness (QED) is 0.788. The minimum absolute atomic E-state index is 0.494. The number of hydrogen-bond donors (Lipinski definition) is 0. The topological polar surface area (TPSA) is 21.1 Å². The van der Waals surface area contributed by atoms with Crippen molar-refractivity contribution in [2.75, 3.05) is 12.4 Å². The Hall–Kier alpha value is -0.250. The van der Waals surface area contributed by atoms with Crippen LogP contribution in [-0.2, 0) is 13.1 Å². The average molecular weight is 276 g/mol. The lowest BCUT2D eigenvalue weighted by Crippen LogP contribution is -2.31. The van der Waals surface area contributed by atoms with E-state index in [1.165, 1.54) is 12.8 Å². The van der Waals surface area contributed by atoms with Crippen molar-refractivity contribution in [3.63, 3.8) is 0 Å². The van der Waals surface area contributed by atoms with E-state index in [0.717, 1.165) is 36.0 Å². The largest absolute Gasteiger partial charge is 0.293 e. The van der Waals surface area contributed by atoms with E-state index < -0.39 is 0 Å². The van der Waals surface area contributed by atoms with E-state index in [9.17, 15) is 0 Å². The molecule has 1 unspecified atom stereocenters. The van der Waals surface area contributed by atoms with Gasteiger partial charge < -0.3 is 0 Å². The highest BCUT2D eigenvalue weighted by atomic mass is 35.5. The first-order valence-corrected chi connectivity index (χ1v) is 7.10. The molecule has 0 N–H and O–H groups in total. The molecule has 0 amide bonds. The molecule has 0 spiro atoms. The minimum Gasteiger partial charge on any atom is -0.293 e. The summed E-state index contributed by atoms with van der Waals surface area (Å²) in [5, 5.41) is 5.26. The molecule has 17 heavy (non-hydrogen) atoms. The molecule has 2 heterocycles. The molecule has 5 heteroatoms. The van der Waals surface area contributed by atoms with Crippen molar-refractivity contribution in [2.45, 2.75) is 45.8 Å². The van der Waals surface area contributed by atoms with Crippen LogP contribution in [0, 0.1) is 6.92 Å². The van der Waals surface area contributed by atoms with E-state index in [2.05, 4.69) is 16.9 Å². The standard InChI is InChI=1S/C12H19Cl2N3/c1-3-17-11(12(14)9(2)15-17)8-16-6-4-5-10(16)7-13/h10H,3-8H2,1-2H3. The third-order valence-corrected chi connectivity index (χ3v) is 4.33. The van der Waals surface area contributed by atoms with Gasteiger partial charge in [0.05, 0.1) is 16.4 Å². The molecule has 0 saturated carbocycles. The summed E-state index contributed by atoms with van der Waals surface area (Å²) in [5.74, 6) is 0.705. The summed E-state index contributed by atoms with van der Waals surface area (Å²) >= 11 is 12.3. The second-order valence-corrected chi connectivity index (χ2v) is 5.27. The second kappa shape index (κ2) is 5.59. The van der Waals surface area contributed by atoms with E-state index in [1.807, 2.05) is 11.6 Å². The van der Waals surface area contributed by atoms with Crippen molar-refractivity contribution >= 4 is 23.2 Å². The van der Waals surface area contributed by atoms with Gasteiger partial charge in [0.2, 0.25) is 0 Å². The maximum Gasteiger partial charge on any atom is 0.0860 e. The van der Waals surface area contributed by atoms with Crippen molar-refractivity contribution < 1.29 is 0 Å². The monoisotopic (exact) mass is 275 g/mol. The van der Waals surface area contributed by atoms with E-state index >= 15 is 0 Å². The van der Waals surface area contributed by atoms with E-state index in [4.69, 9.17) is 23.2 Å². The third kappa shape index (κ3) is 2.61. The second-order valence-electron chi connectivity index (χ2n) is 4.58. The highest BCUT2D eigenvalue weighted by Crippen LogP contribution is 2.26. The Labute approximate surface area is 113 Å². The predicted molar refractivity (Wildman–Crippen MR) is 71.8 cm³/mol. The molecule has 1 fully saturated rings. The maximum absolute atomic E-state index is 6.32. The zero-order chi connectivity index (χ0) is 12.4. The van der Waals surface area contributed by atoms with Gasteiger partial charge in [-0.15, -0.1) is 11.6 Å². The van der Waals surface area contributed by atoms with Crippen LogP contribution in [0.5, 0.6) is 0 Å². The fourth-order valence-electron chi connectivity index (χ4n) is 2.49. The van der Waals surface area contributed by atoms with Gasteiger partial charge in [0, 0.05) is 25.0 Å². The summed E-state index contributed by atoms with van der Waals surface area (Å²) in [4.78, 5) is 2.42. The molecule has 1 atom stereocenters. The number of alkyl halides is 1. The molecule has 96 valence electrons. The number of likely N-dealkylation sites (tertiary alicyclic amines) is 1. The van der Waals surface area contributed by atoms with Gasteiger partial charge in [0.15, 0.2) is 0 Å². The first-order chi connectivity index (χ1) is 8.17. The van der Waals surface area contributed by atoms with Crippen LogP contribution < -0.4 is 0 Å². The molecule has 1 saturated heterocycles. The number of nitrogens with zero attached hydrogens (tertiary/aromatic N) is 3. The predicted octanol–water partition coefficient (Wildman–Crippen LogP) is 3.07. The summed E-state index contributed by atoms with van der Waals surface area (Å²) in [6.45, 7) is 6.89. The number of hydrogen-bond acceptors (Lipinski definition) is 2. The van der Waals surface area contributed by atoms with Crippen molar-refractivity contribution in [3.05, 3.63) is 16.4 Å². The van der Waals surface area contributed by atoms with Crippen LogP contribution >= 0.6 is 23.2 Å². The Bertz CT molecular complexity index is 389. The fourth-order valence-corrected chi connectivity index (χ4v) is 3.04. The smallest absolute Gasteiger partial charge is 0.0860 e. The molecule has 1 aromatic heterocycles. The molecule has 1 aromatic rings. The highest BCUT2D eigenvalue weighted by molar-refractivity contribution is 6.31. The van der Waals surface area contributed by atoms with Gasteiger partial charge in [0.1, 0.15) is 0 Å². The molecule has 1 aliphatic heterocycles. The molecular formula is C12H19Cl2N3. The van der Waals surface area contributed by atoms with Crippen LogP contribution in [0.1, 0.15) is 31.2 Å². The Morgan fingerprint density at radius 1 is 1.47 bits per heavy atom. The highest BCUT2D eigenvalue weighted by Gasteiger charge is 2.26. The number of aromatic nitrogens is 2. The Balaban J connectivity index is 2.17. The SMILES string of the molecule is CCn1nc(C)c(Cl)c1CN1CCCC1CCl. The van der Waals surface area contributed by atoms with Gasteiger partial charge in [-0.25, -0.2) is 0 Å². The van der Waals surface area contributed by atoms with Crippen molar-refractivity contribution in [2.24, 2.45) is 0 Å². The minimum atomic E-state index is 0.494. The lowest BCUT2D eigenvalue weighted by atomic mass is 10.2. The third-order valence-electron chi connectivity index (χ3n) is 3.48. The lowest BCUT2D eigenvalue weighted by Gasteiger charge is -2.22. The number of rotatable bonds is 4. The summed E-state index contributed by atoms with van der Waals surface area (Å²) in [6, 6.07) is 0.494. The van der Waals surface area contributed by atoms with Crippen LogP contribution in [-0.4, -0.2) is 33.1 Å². The summed E-state index contributed by atoms with van der Waals surface area (Å²) in [5.41, 5.74) is 2.05. The van der Waals surface area contributed by atoms with Crippen LogP contribution in [0.4, 0.5) is 0 Å². The average Bonchev–Trinajstić information content (AvgIpc) is 2.88. The van der Waals surface area contributed by atoms with Crippen LogP contribution in [0.15, 0.2) is 0 Å².